The topological polar surface area (TPSA) is 38.7 Å². The Bertz CT molecular complexity index is 374. The standard InChI is InChI=1S/C16H26O3/c1-15(2,3)12-16(4,5)13-6-8-14(9-7-13)18-10-11-19-17/h6-9,17H,10-12H2,1-5H3. The molecular formula is C16H26O3. The first-order chi connectivity index (χ1) is 8.74. The van der Waals surface area contributed by atoms with Gasteiger partial charge in [0.2, 0.25) is 0 Å². The molecule has 1 aromatic carbocycles. The molecule has 0 bridgehead atoms. The zero-order valence-corrected chi connectivity index (χ0v) is 12.7. The van der Waals surface area contributed by atoms with Gasteiger partial charge in [-0.25, -0.2) is 4.89 Å². The molecule has 0 saturated carbocycles. The normalized spacial score (nSPS) is 12.5. The molecule has 0 spiro atoms. The van der Waals surface area contributed by atoms with Gasteiger partial charge < -0.3 is 4.74 Å². The number of ether oxygens (including phenoxy) is 1. The van der Waals surface area contributed by atoms with Crippen molar-refractivity contribution in [1.29, 1.82) is 0 Å². The van der Waals surface area contributed by atoms with Crippen LogP contribution in [0.25, 0.3) is 0 Å². The molecule has 0 aromatic heterocycles. The predicted molar refractivity (Wildman–Crippen MR) is 77.6 cm³/mol. The molecule has 0 fully saturated rings. The highest BCUT2D eigenvalue weighted by Gasteiger charge is 2.27. The first-order valence-electron chi connectivity index (χ1n) is 6.74. The van der Waals surface area contributed by atoms with E-state index in [1.54, 1.807) is 0 Å². The van der Waals surface area contributed by atoms with Crippen LogP contribution in [0.15, 0.2) is 24.3 Å². The highest BCUT2D eigenvalue weighted by atomic mass is 17.1. The van der Waals surface area contributed by atoms with Crippen LogP contribution in [-0.4, -0.2) is 18.5 Å². The zero-order chi connectivity index (χ0) is 14.5. The summed E-state index contributed by atoms with van der Waals surface area (Å²) >= 11 is 0. The largest absolute Gasteiger partial charge is 0.491 e. The molecule has 1 N–H and O–H groups in total. The fraction of sp³-hybridized carbons (Fsp3) is 0.625. The summed E-state index contributed by atoms with van der Waals surface area (Å²) in [6.45, 7) is 11.9. The third kappa shape index (κ3) is 5.62. The van der Waals surface area contributed by atoms with Crippen LogP contribution >= 0.6 is 0 Å². The highest BCUT2D eigenvalue weighted by Crippen LogP contribution is 2.36. The average Bonchev–Trinajstić information content (AvgIpc) is 2.27. The van der Waals surface area contributed by atoms with Gasteiger partial charge >= 0.3 is 0 Å². The first-order valence-corrected chi connectivity index (χ1v) is 6.74. The van der Waals surface area contributed by atoms with Crippen molar-refractivity contribution < 1.29 is 14.9 Å². The minimum Gasteiger partial charge on any atom is -0.491 e. The molecule has 0 aliphatic rings. The number of benzene rings is 1. The minimum absolute atomic E-state index is 0.144. The molecule has 3 heteroatoms. The molecular weight excluding hydrogens is 240 g/mol. The summed E-state index contributed by atoms with van der Waals surface area (Å²) in [6.07, 6.45) is 1.12. The zero-order valence-electron chi connectivity index (χ0n) is 12.7. The summed E-state index contributed by atoms with van der Waals surface area (Å²) in [5.74, 6) is 0.798. The van der Waals surface area contributed by atoms with Crippen LogP contribution in [0.5, 0.6) is 5.75 Å². The van der Waals surface area contributed by atoms with E-state index < -0.39 is 0 Å². The first kappa shape index (κ1) is 16.0. The second-order valence-corrected chi connectivity index (χ2v) is 6.83. The lowest BCUT2D eigenvalue weighted by molar-refractivity contribution is -0.245. The van der Waals surface area contributed by atoms with Gasteiger partial charge in [0.15, 0.2) is 0 Å². The van der Waals surface area contributed by atoms with E-state index in [4.69, 9.17) is 9.99 Å². The lowest BCUT2D eigenvalue weighted by atomic mass is 9.72. The summed E-state index contributed by atoms with van der Waals surface area (Å²) in [4.78, 5) is 3.97. The van der Waals surface area contributed by atoms with Gasteiger partial charge in [-0.2, -0.15) is 0 Å². The summed E-state index contributed by atoms with van der Waals surface area (Å²) in [6, 6.07) is 8.16. The summed E-state index contributed by atoms with van der Waals surface area (Å²) < 4.78 is 5.43. The van der Waals surface area contributed by atoms with Gasteiger partial charge in [0.25, 0.3) is 0 Å². The van der Waals surface area contributed by atoms with Crippen molar-refractivity contribution in [2.24, 2.45) is 5.41 Å². The van der Waals surface area contributed by atoms with Gasteiger partial charge in [-0.3, -0.25) is 5.26 Å². The van der Waals surface area contributed by atoms with Crippen LogP contribution in [0.2, 0.25) is 0 Å². The van der Waals surface area contributed by atoms with Crippen molar-refractivity contribution in [3.63, 3.8) is 0 Å². The summed E-state index contributed by atoms with van der Waals surface area (Å²) in [5, 5.41) is 8.22. The van der Waals surface area contributed by atoms with E-state index in [0.29, 0.717) is 12.0 Å². The van der Waals surface area contributed by atoms with E-state index in [0.717, 1.165) is 12.2 Å². The van der Waals surface area contributed by atoms with Gasteiger partial charge in [0.05, 0.1) is 0 Å². The van der Waals surface area contributed by atoms with Gasteiger partial charge in [-0.1, -0.05) is 46.8 Å². The monoisotopic (exact) mass is 266 g/mol. The molecule has 0 atom stereocenters. The van der Waals surface area contributed by atoms with Crippen LogP contribution in [0, 0.1) is 5.41 Å². The minimum atomic E-state index is 0.144. The fourth-order valence-corrected chi connectivity index (χ4v) is 2.63. The van der Waals surface area contributed by atoms with Gasteiger partial charge in [0, 0.05) is 0 Å². The van der Waals surface area contributed by atoms with Crippen molar-refractivity contribution in [3.8, 4) is 5.75 Å². The molecule has 0 radical (unpaired) electrons. The quantitative estimate of drug-likeness (QED) is 0.475. The van der Waals surface area contributed by atoms with Gasteiger partial charge in [0.1, 0.15) is 19.0 Å². The third-order valence-electron chi connectivity index (χ3n) is 3.05. The smallest absolute Gasteiger partial charge is 0.119 e. The third-order valence-corrected chi connectivity index (χ3v) is 3.05. The summed E-state index contributed by atoms with van der Waals surface area (Å²) in [5.41, 5.74) is 1.76. The highest BCUT2D eigenvalue weighted by molar-refractivity contribution is 5.31. The van der Waals surface area contributed by atoms with Gasteiger partial charge in [-0.15, -0.1) is 0 Å². The Morgan fingerprint density at radius 3 is 2.00 bits per heavy atom. The fourth-order valence-electron chi connectivity index (χ4n) is 2.63. The molecule has 0 aliphatic carbocycles. The van der Waals surface area contributed by atoms with E-state index in [-0.39, 0.29) is 12.0 Å². The van der Waals surface area contributed by atoms with Crippen molar-refractivity contribution in [3.05, 3.63) is 29.8 Å². The number of rotatable bonds is 6. The van der Waals surface area contributed by atoms with Crippen LogP contribution in [0.3, 0.4) is 0 Å². The maximum atomic E-state index is 8.22. The maximum Gasteiger partial charge on any atom is 0.119 e. The lowest BCUT2D eigenvalue weighted by Gasteiger charge is -2.33. The van der Waals surface area contributed by atoms with Crippen LogP contribution in [0.1, 0.15) is 46.6 Å². The molecule has 1 aromatic rings. The van der Waals surface area contributed by atoms with Crippen LogP contribution in [-0.2, 0) is 10.3 Å². The molecule has 108 valence electrons. The molecule has 3 nitrogen and oxygen atoms in total. The Kier molecular flexibility index (Phi) is 5.39. The van der Waals surface area contributed by atoms with E-state index in [1.165, 1.54) is 5.56 Å². The Labute approximate surface area is 116 Å². The van der Waals surface area contributed by atoms with E-state index >= 15 is 0 Å². The van der Waals surface area contributed by atoms with E-state index in [1.807, 2.05) is 12.1 Å². The second kappa shape index (κ2) is 6.40. The Morgan fingerprint density at radius 1 is 0.947 bits per heavy atom. The van der Waals surface area contributed by atoms with Crippen molar-refractivity contribution in [2.75, 3.05) is 13.2 Å². The Morgan fingerprint density at radius 2 is 1.53 bits per heavy atom. The van der Waals surface area contributed by atoms with E-state index in [9.17, 15) is 0 Å². The average molecular weight is 266 g/mol. The summed E-state index contributed by atoms with van der Waals surface area (Å²) in [7, 11) is 0. The van der Waals surface area contributed by atoms with Crippen LogP contribution in [0.4, 0.5) is 0 Å². The van der Waals surface area contributed by atoms with Crippen molar-refractivity contribution in [2.45, 2.75) is 46.5 Å². The molecule has 0 unspecified atom stereocenters. The Balaban J connectivity index is 2.69. The second-order valence-electron chi connectivity index (χ2n) is 6.83. The molecule has 1 rings (SSSR count). The van der Waals surface area contributed by atoms with Gasteiger partial charge in [-0.05, 0) is 34.9 Å². The molecule has 0 aliphatic heterocycles. The molecule has 19 heavy (non-hydrogen) atoms. The SMILES string of the molecule is CC(C)(C)CC(C)(C)c1ccc(OCCOO)cc1. The molecule has 0 heterocycles. The number of hydrogen-bond acceptors (Lipinski definition) is 3. The lowest BCUT2D eigenvalue weighted by Crippen LogP contribution is -2.24. The maximum absolute atomic E-state index is 8.22. The predicted octanol–water partition coefficient (Wildman–Crippen LogP) is 4.27. The Hall–Kier alpha value is -1.06. The van der Waals surface area contributed by atoms with E-state index in [2.05, 4.69) is 51.6 Å². The molecule has 0 saturated heterocycles. The van der Waals surface area contributed by atoms with Crippen molar-refractivity contribution in [1.82, 2.24) is 0 Å². The van der Waals surface area contributed by atoms with Crippen molar-refractivity contribution >= 4 is 0 Å². The number of hydrogen-bond donors (Lipinski definition) is 1. The van der Waals surface area contributed by atoms with Crippen LogP contribution < -0.4 is 4.74 Å². The molecule has 0 amide bonds.